The first kappa shape index (κ1) is 27.2. The number of hydrogen-bond donors (Lipinski definition) is 2. The lowest BCUT2D eigenvalue weighted by Crippen LogP contribution is -2.60. The van der Waals surface area contributed by atoms with Crippen molar-refractivity contribution in [2.45, 2.75) is 49.9 Å². The second-order valence-electron chi connectivity index (χ2n) is 10.9. The van der Waals surface area contributed by atoms with Crippen LogP contribution >= 0.6 is 11.8 Å². The Balaban J connectivity index is 1.54. The van der Waals surface area contributed by atoms with E-state index in [0.717, 1.165) is 29.7 Å². The smallest absolute Gasteiger partial charge is 0.246 e. The van der Waals surface area contributed by atoms with E-state index in [-0.39, 0.29) is 23.6 Å². The molecular weight excluding hydrogens is 484 g/mol. The van der Waals surface area contributed by atoms with Gasteiger partial charge in [-0.1, -0.05) is 60.7 Å². The van der Waals surface area contributed by atoms with E-state index in [2.05, 4.69) is 17.4 Å². The molecule has 8 heteroatoms. The number of likely N-dealkylation sites (tertiary alicyclic amines) is 2. The molecule has 2 fully saturated rings. The second kappa shape index (κ2) is 11.3. The summed E-state index contributed by atoms with van der Waals surface area (Å²) >= 11 is 1.60. The highest BCUT2D eigenvalue weighted by Gasteiger charge is 2.55. The van der Waals surface area contributed by atoms with Crippen molar-refractivity contribution in [1.82, 2.24) is 15.1 Å². The second-order valence-corrected chi connectivity index (χ2v) is 11.9. The Hall–Kier alpha value is -2.84. The lowest BCUT2D eigenvalue weighted by molar-refractivity contribution is -0.145. The van der Waals surface area contributed by atoms with Gasteiger partial charge in [0.25, 0.3) is 0 Å². The quantitative estimate of drug-likeness (QED) is 0.556. The molecule has 7 nitrogen and oxygen atoms in total. The number of piperidine rings is 1. The molecule has 4 rings (SSSR count). The summed E-state index contributed by atoms with van der Waals surface area (Å²) in [5.41, 5.74) is 6.58. The summed E-state index contributed by atoms with van der Waals surface area (Å²) in [7, 11) is 1.85. The molecule has 0 bridgehead atoms. The minimum absolute atomic E-state index is 0.0188. The largest absolute Gasteiger partial charge is 0.345 e. The summed E-state index contributed by atoms with van der Waals surface area (Å²) in [6, 6.07) is 19.5. The lowest BCUT2D eigenvalue weighted by Gasteiger charge is -2.43. The van der Waals surface area contributed by atoms with Crippen LogP contribution in [0.1, 0.15) is 43.7 Å². The first-order chi connectivity index (χ1) is 17.6. The number of hydrogen-bond acceptors (Lipinski definition) is 5. The molecule has 2 aliphatic rings. The fourth-order valence-electron chi connectivity index (χ4n) is 5.51. The molecule has 3 N–H and O–H groups in total. The molecule has 0 radical (unpaired) electrons. The zero-order chi connectivity index (χ0) is 26.6. The summed E-state index contributed by atoms with van der Waals surface area (Å²) in [6.45, 7) is 4.83. The van der Waals surface area contributed by atoms with Crippen LogP contribution in [0, 0.1) is 5.41 Å². The van der Waals surface area contributed by atoms with Crippen molar-refractivity contribution in [3.8, 4) is 0 Å². The average molecular weight is 523 g/mol. The Kier molecular flexibility index (Phi) is 8.29. The van der Waals surface area contributed by atoms with Gasteiger partial charge in [0.2, 0.25) is 17.7 Å². The number of nitrogens with zero attached hydrogens (tertiary/aromatic N) is 2. The van der Waals surface area contributed by atoms with Gasteiger partial charge < -0.3 is 20.9 Å². The number of benzene rings is 2. The third kappa shape index (κ3) is 6.02. The average Bonchev–Trinajstić information content (AvgIpc) is 3.13. The van der Waals surface area contributed by atoms with Crippen molar-refractivity contribution in [3.05, 3.63) is 71.8 Å². The zero-order valence-corrected chi connectivity index (χ0v) is 22.8. The number of likely N-dealkylation sites (N-methyl/N-ethyl adjacent to an activating group) is 1. The van der Waals surface area contributed by atoms with Gasteiger partial charge in [0.1, 0.15) is 6.04 Å². The molecule has 2 saturated heterocycles. The number of rotatable bonds is 8. The van der Waals surface area contributed by atoms with Crippen LogP contribution in [0.15, 0.2) is 60.7 Å². The molecule has 2 aromatic rings. The lowest BCUT2D eigenvalue weighted by atomic mass is 9.69. The highest BCUT2D eigenvalue weighted by Crippen LogP contribution is 2.49. The van der Waals surface area contributed by atoms with Gasteiger partial charge >= 0.3 is 0 Å². The Morgan fingerprint density at radius 3 is 2.43 bits per heavy atom. The molecule has 2 heterocycles. The highest BCUT2D eigenvalue weighted by atomic mass is 32.2. The molecule has 3 amide bonds. The van der Waals surface area contributed by atoms with Crippen molar-refractivity contribution in [3.63, 3.8) is 0 Å². The summed E-state index contributed by atoms with van der Waals surface area (Å²) in [5.74, 6) is 0.763. The number of nitrogens with one attached hydrogen (secondary N) is 1. The van der Waals surface area contributed by atoms with Crippen LogP contribution in [0.4, 0.5) is 0 Å². The Morgan fingerprint density at radius 1 is 1.14 bits per heavy atom. The topological polar surface area (TPSA) is 95.7 Å². The van der Waals surface area contributed by atoms with Crippen LogP contribution in [-0.2, 0) is 20.1 Å². The first-order valence-electron chi connectivity index (χ1n) is 12.9. The fourth-order valence-corrected chi connectivity index (χ4v) is 6.52. The van der Waals surface area contributed by atoms with Crippen LogP contribution in [-0.4, -0.2) is 71.5 Å². The minimum atomic E-state index is -1.10. The number of nitrogens with two attached hydrogens (primary N) is 1. The normalized spacial score (nSPS) is 22.8. The molecule has 3 atom stereocenters. The molecule has 37 heavy (non-hydrogen) atoms. The van der Waals surface area contributed by atoms with Crippen LogP contribution in [0.25, 0.3) is 0 Å². The maximum absolute atomic E-state index is 13.9. The van der Waals surface area contributed by atoms with Crippen LogP contribution in [0.5, 0.6) is 0 Å². The maximum atomic E-state index is 13.9. The monoisotopic (exact) mass is 522 g/mol. The van der Waals surface area contributed by atoms with Crippen LogP contribution in [0.2, 0.25) is 0 Å². The molecule has 2 aromatic carbocycles. The van der Waals surface area contributed by atoms with Crippen molar-refractivity contribution in [2.24, 2.45) is 11.1 Å². The van der Waals surface area contributed by atoms with Crippen molar-refractivity contribution in [2.75, 3.05) is 32.4 Å². The maximum Gasteiger partial charge on any atom is 0.246 e. The number of carbonyl (C=O) groups is 3. The Morgan fingerprint density at radius 2 is 1.78 bits per heavy atom. The van der Waals surface area contributed by atoms with Gasteiger partial charge in [0.05, 0.1) is 11.0 Å². The van der Waals surface area contributed by atoms with Gasteiger partial charge in [-0.2, -0.15) is 11.8 Å². The molecule has 198 valence electrons. The van der Waals surface area contributed by atoms with Crippen LogP contribution in [0.3, 0.4) is 0 Å². The predicted molar refractivity (Wildman–Crippen MR) is 148 cm³/mol. The van der Waals surface area contributed by atoms with E-state index in [4.69, 9.17) is 5.73 Å². The third-order valence-electron chi connectivity index (χ3n) is 7.52. The summed E-state index contributed by atoms with van der Waals surface area (Å²) < 4.78 is 0. The SMILES string of the molecule is CN1C[C@@H](c2ccccc2)[C@@]2(CCCN(C(=O)[C@@H](CSCc3ccccc3)NC(=O)C(C)(C)N)C2)C1=O. The van der Waals surface area contributed by atoms with Gasteiger partial charge in [-0.3, -0.25) is 14.4 Å². The van der Waals surface area contributed by atoms with Gasteiger partial charge in [-0.15, -0.1) is 0 Å². The highest BCUT2D eigenvalue weighted by molar-refractivity contribution is 7.98. The van der Waals surface area contributed by atoms with Crippen molar-refractivity contribution >= 4 is 29.5 Å². The molecule has 2 aliphatic heterocycles. The van der Waals surface area contributed by atoms with E-state index in [1.54, 1.807) is 35.4 Å². The number of amides is 3. The van der Waals surface area contributed by atoms with Crippen LogP contribution < -0.4 is 11.1 Å². The molecule has 0 unspecified atom stereocenters. The molecule has 1 spiro atoms. The summed E-state index contributed by atoms with van der Waals surface area (Å²) in [4.78, 5) is 43.8. The van der Waals surface area contributed by atoms with Gasteiger partial charge in [0.15, 0.2) is 0 Å². The number of thioether (sulfide) groups is 1. The third-order valence-corrected chi connectivity index (χ3v) is 8.62. The number of carbonyl (C=O) groups excluding carboxylic acids is 3. The van der Waals surface area contributed by atoms with E-state index in [1.165, 1.54) is 0 Å². The van der Waals surface area contributed by atoms with Gasteiger partial charge in [-0.25, -0.2) is 0 Å². The Bertz CT molecular complexity index is 1110. The first-order valence-corrected chi connectivity index (χ1v) is 14.1. The Labute approximate surface area is 224 Å². The van der Waals surface area contributed by atoms with Gasteiger partial charge in [-0.05, 0) is 37.8 Å². The van der Waals surface area contributed by atoms with E-state index in [0.29, 0.717) is 25.4 Å². The zero-order valence-electron chi connectivity index (χ0n) is 22.0. The molecule has 0 aliphatic carbocycles. The van der Waals surface area contributed by atoms with E-state index >= 15 is 0 Å². The van der Waals surface area contributed by atoms with Crippen molar-refractivity contribution in [1.29, 1.82) is 0 Å². The van der Waals surface area contributed by atoms with E-state index < -0.39 is 17.0 Å². The summed E-state index contributed by atoms with van der Waals surface area (Å²) in [6.07, 6.45) is 1.49. The molecule has 0 aromatic heterocycles. The molecule has 0 saturated carbocycles. The van der Waals surface area contributed by atoms with Gasteiger partial charge in [0, 0.05) is 44.1 Å². The molecular formula is C29H38N4O3S. The summed E-state index contributed by atoms with van der Waals surface area (Å²) in [5, 5.41) is 2.91. The standard InChI is InChI=1S/C29H38N4O3S/c1-28(2,30)26(35)31-24(19-37-18-21-11-6-4-7-12-21)25(34)33-16-10-15-29(20-33)23(17-32(3)27(29)36)22-13-8-5-9-14-22/h4-9,11-14,23-24H,10,15-20,30H2,1-3H3,(H,31,35)/t23-,24+,29-/m0/s1. The fraction of sp³-hybridized carbons (Fsp3) is 0.483. The predicted octanol–water partition coefficient (Wildman–Crippen LogP) is 3.01. The van der Waals surface area contributed by atoms with E-state index in [9.17, 15) is 14.4 Å². The van der Waals surface area contributed by atoms with E-state index in [1.807, 2.05) is 55.6 Å². The van der Waals surface area contributed by atoms with Crippen molar-refractivity contribution < 1.29 is 14.4 Å². The minimum Gasteiger partial charge on any atom is -0.345 e.